The van der Waals surface area contributed by atoms with E-state index in [4.69, 9.17) is 11.2 Å². The number of terminal acetylenes is 1. The number of likely N-dealkylation sites (tertiary alicyclic amines) is 1. The zero-order valence-electron chi connectivity index (χ0n) is 11.2. The van der Waals surface area contributed by atoms with E-state index >= 15 is 0 Å². The van der Waals surface area contributed by atoms with Crippen molar-refractivity contribution in [2.75, 3.05) is 26.3 Å². The van der Waals surface area contributed by atoms with E-state index in [9.17, 15) is 4.79 Å². The normalized spacial score (nSPS) is 15.9. The van der Waals surface area contributed by atoms with Crippen LogP contribution < -0.4 is 0 Å². The summed E-state index contributed by atoms with van der Waals surface area (Å²) in [4.78, 5) is 18.2. The number of ether oxygens (including phenoxy) is 1. The summed E-state index contributed by atoms with van der Waals surface area (Å²) in [6.07, 6.45) is 10.3. The zero-order chi connectivity index (χ0) is 14.4. The lowest BCUT2D eigenvalue weighted by atomic mass is 9.97. The van der Waals surface area contributed by atoms with Gasteiger partial charge in [0.2, 0.25) is 0 Å². The highest BCUT2D eigenvalue weighted by Crippen LogP contribution is 2.20. The van der Waals surface area contributed by atoms with Crippen LogP contribution in [0.5, 0.6) is 0 Å². The number of piperidine rings is 1. The number of aromatic nitrogens is 1. The summed E-state index contributed by atoms with van der Waals surface area (Å²) in [5.41, 5.74) is 0.626. The Morgan fingerprint density at radius 1 is 1.50 bits per heavy atom. The predicted octanol–water partition coefficient (Wildman–Crippen LogP) is 2.35. The smallest absolute Gasteiger partial charge is 0.255 e. The molecule has 5 heteroatoms. The number of hydrogen-bond acceptors (Lipinski definition) is 3. The molecule has 1 amide bonds. The molecule has 0 saturated carbocycles. The van der Waals surface area contributed by atoms with E-state index in [2.05, 4.69) is 26.8 Å². The van der Waals surface area contributed by atoms with E-state index in [-0.39, 0.29) is 5.91 Å². The fourth-order valence-electron chi connectivity index (χ4n) is 2.30. The molecule has 1 aromatic heterocycles. The van der Waals surface area contributed by atoms with Crippen molar-refractivity contribution in [3.8, 4) is 12.3 Å². The van der Waals surface area contributed by atoms with Gasteiger partial charge >= 0.3 is 0 Å². The van der Waals surface area contributed by atoms with Crippen LogP contribution in [0.4, 0.5) is 0 Å². The highest BCUT2D eigenvalue weighted by Gasteiger charge is 2.23. The summed E-state index contributed by atoms with van der Waals surface area (Å²) in [5, 5.41) is 0. The number of rotatable bonds is 4. The van der Waals surface area contributed by atoms with Gasteiger partial charge < -0.3 is 9.64 Å². The first-order valence-electron chi connectivity index (χ1n) is 6.61. The number of hydrogen-bond donors (Lipinski definition) is 0. The second-order valence-electron chi connectivity index (χ2n) is 4.85. The number of nitrogens with zero attached hydrogens (tertiary/aromatic N) is 2. The van der Waals surface area contributed by atoms with Crippen molar-refractivity contribution >= 4 is 21.8 Å². The molecule has 0 N–H and O–H groups in total. The van der Waals surface area contributed by atoms with Crippen LogP contribution in [-0.4, -0.2) is 42.1 Å². The largest absolute Gasteiger partial charge is 0.369 e. The van der Waals surface area contributed by atoms with Gasteiger partial charge in [0.1, 0.15) is 6.61 Å². The third-order valence-corrected chi connectivity index (χ3v) is 3.83. The lowest BCUT2D eigenvalue weighted by Crippen LogP contribution is -2.39. The third-order valence-electron chi connectivity index (χ3n) is 3.39. The quantitative estimate of drug-likeness (QED) is 0.626. The van der Waals surface area contributed by atoms with Crippen molar-refractivity contribution in [1.82, 2.24) is 9.88 Å². The molecule has 0 aromatic carbocycles. The molecule has 2 heterocycles. The first-order valence-corrected chi connectivity index (χ1v) is 7.41. The van der Waals surface area contributed by atoms with Crippen LogP contribution in [0.3, 0.4) is 0 Å². The van der Waals surface area contributed by atoms with Crippen molar-refractivity contribution in [1.29, 1.82) is 0 Å². The maximum absolute atomic E-state index is 12.3. The van der Waals surface area contributed by atoms with Crippen molar-refractivity contribution < 1.29 is 9.53 Å². The van der Waals surface area contributed by atoms with Gasteiger partial charge in [-0.2, -0.15) is 0 Å². The van der Waals surface area contributed by atoms with Gasteiger partial charge in [0.15, 0.2) is 0 Å². The Morgan fingerprint density at radius 2 is 2.25 bits per heavy atom. The molecule has 0 atom stereocenters. The Morgan fingerprint density at radius 3 is 2.90 bits per heavy atom. The number of pyridine rings is 1. The number of halogens is 1. The highest BCUT2D eigenvalue weighted by molar-refractivity contribution is 9.10. The van der Waals surface area contributed by atoms with E-state index < -0.39 is 0 Å². The van der Waals surface area contributed by atoms with E-state index in [1.165, 1.54) is 0 Å². The van der Waals surface area contributed by atoms with E-state index in [1.807, 2.05) is 4.90 Å². The molecule has 1 aliphatic heterocycles. The van der Waals surface area contributed by atoms with Crippen molar-refractivity contribution in [3.63, 3.8) is 0 Å². The predicted molar refractivity (Wildman–Crippen MR) is 80.2 cm³/mol. The zero-order valence-corrected chi connectivity index (χ0v) is 12.8. The molecule has 20 heavy (non-hydrogen) atoms. The second-order valence-corrected chi connectivity index (χ2v) is 5.76. The SMILES string of the molecule is C#CCOCC1CCN(C(=O)c2cncc(Br)c2)CC1. The molecule has 2 rings (SSSR count). The molecule has 106 valence electrons. The molecule has 1 fully saturated rings. The molecular weight excluding hydrogens is 320 g/mol. The summed E-state index contributed by atoms with van der Waals surface area (Å²) >= 11 is 3.33. The van der Waals surface area contributed by atoms with E-state index in [0.717, 1.165) is 30.4 Å². The van der Waals surface area contributed by atoms with Gasteiger partial charge in [-0.05, 0) is 40.8 Å². The Labute approximate surface area is 127 Å². The van der Waals surface area contributed by atoms with Gasteiger partial charge in [0.05, 0.1) is 12.2 Å². The first-order chi connectivity index (χ1) is 9.70. The minimum absolute atomic E-state index is 0.0433. The average Bonchev–Trinajstić information content (AvgIpc) is 2.47. The molecule has 0 bridgehead atoms. The van der Waals surface area contributed by atoms with E-state index in [0.29, 0.717) is 24.7 Å². The molecular formula is C15H17BrN2O2. The highest BCUT2D eigenvalue weighted by atomic mass is 79.9. The lowest BCUT2D eigenvalue weighted by molar-refractivity contribution is 0.0581. The fourth-order valence-corrected chi connectivity index (χ4v) is 2.66. The van der Waals surface area contributed by atoms with Gasteiger partial charge in [0.25, 0.3) is 5.91 Å². The topological polar surface area (TPSA) is 42.4 Å². The van der Waals surface area contributed by atoms with Crippen molar-refractivity contribution in [2.45, 2.75) is 12.8 Å². The fraction of sp³-hybridized carbons (Fsp3) is 0.467. The summed E-state index contributed by atoms with van der Waals surface area (Å²) in [7, 11) is 0. The summed E-state index contributed by atoms with van der Waals surface area (Å²) < 4.78 is 6.18. The third kappa shape index (κ3) is 4.06. The van der Waals surface area contributed by atoms with Crippen LogP contribution in [0.15, 0.2) is 22.9 Å². The van der Waals surface area contributed by atoms with Crippen LogP contribution in [0, 0.1) is 18.3 Å². The second kappa shape index (κ2) is 7.41. The monoisotopic (exact) mass is 336 g/mol. The minimum Gasteiger partial charge on any atom is -0.369 e. The van der Waals surface area contributed by atoms with Crippen LogP contribution in [-0.2, 0) is 4.74 Å². The maximum Gasteiger partial charge on any atom is 0.255 e. The minimum atomic E-state index is 0.0433. The van der Waals surface area contributed by atoms with Gasteiger partial charge in [-0.15, -0.1) is 6.42 Å². The van der Waals surface area contributed by atoms with Crippen LogP contribution in [0.1, 0.15) is 23.2 Å². The summed E-state index contributed by atoms with van der Waals surface area (Å²) in [6, 6.07) is 1.80. The van der Waals surface area contributed by atoms with Crippen LogP contribution >= 0.6 is 15.9 Å². The van der Waals surface area contributed by atoms with Gasteiger partial charge in [-0.25, -0.2) is 0 Å². The van der Waals surface area contributed by atoms with Crippen molar-refractivity contribution in [3.05, 3.63) is 28.5 Å². The Bertz CT molecular complexity index is 505. The molecule has 0 unspecified atom stereocenters. The Hall–Kier alpha value is -1.38. The summed E-state index contributed by atoms with van der Waals surface area (Å²) in [6.45, 7) is 2.57. The lowest BCUT2D eigenvalue weighted by Gasteiger charge is -2.31. The van der Waals surface area contributed by atoms with Crippen molar-refractivity contribution in [2.24, 2.45) is 5.92 Å². The Kier molecular flexibility index (Phi) is 5.57. The molecule has 1 aliphatic rings. The number of carbonyl (C=O) groups excluding carboxylic acids is 1. The molecule has 1 saturated heterocycles. The Balaban J connectivity index is 1.84. The first kappa shape index (κ1) is 15.0. The molecule has 1 aromatic rings. The summed E-state index contributed by atoms with van der Waals surface area (Å²) in [5.74, 6) is 3.00. The maximum atomic E-state index is 12.3. The average molecular weight is 337 g/mol. The van der Waals surface area contributed by atoms with Crippen LogP contribution in [0.25, 0.3) is 0 Å². The standard InChI is InChI=1S/C15H17BrN2O2/c1-2-7-20-11-12-3-5-18(6-4-12)15(19)13-8-14(16)10-17-9-13/h1,8-10,12H,3-7,11H2. The molecule has 0 spiro atoms. The van der Waals surface area contributed by atoms with Crippen LogP contribution in [0.2, 0.25) is 0 Å². The van der Waals surface area contributed by atoms with Gasteiger partial charge in [0, 0.05) is 30.0 Å². The van der Waals surface area contributed by atoms with Gasteiger partial charge in [-0.1, -0.05) is 5.92 Å². The molecule has 0 aliphatic carbocycles. The molecule has 4 nitrogen and oxygen atoms in total. The van der Waals surface area contributed by atoms with E-state index in [1.54, 1.807) is 18.5 Å². The number of carbonyl (C=O) groups is 1. The number of amides is 1. The van der Waals surface area contributed by atoms with Gasteiger partial charge in [-0.3, -0.25) is 9.78 Å². The molecule has 0 radical (unpaired) electrons.